The van der Waals surface area contributed by atoms with E-state index in [1.54, 1.807) is 48.5 Å². The van der Waals surface area contributed by atoms with Crippen LogP contribution in [0.15, 0.2) is 66.7 Å². The second kappa shape index (κ2) is 10.3. The van der Waals surface area contributed by atoms with Gasteiger partial charge in [0.1, 0.15) is 5.69 Å². The first-order chi connectivity index (χ1) is 17.3. The van der Waals surface area contributed by atoms with E-state index < -0.39 is 16.6 Å². The van der Waals surface area contributed by atoms with Crippen molar-refractivity contribution in [2.75, 3.05) is 4.90 Å². The summed E-state index contributed by atoms with van der Waals surface area (Å²) in [6.45, 7) is -0.0767. The number of hydrogen-bond donors (Lipinski definition) is 0. The molecule has 1 aliphatic rings. The molecule has 4 aromatic rings. The lowest BCUT2D eigenvalue weighted by Crippen LogP contribution is -2.34. The number of aromatic nitrogens is 1. The Kier molecular flexibility index (Phi) is 7.17. The van der Waals surface area contributed by atoms with Gasteiger partial charge in [-0.1, -0.05) is 76.2 Å². The number of halogens is 4. The van der Waals surface area contributed by atoms with E-state index in [4.69, 9.17) is 59.8 Å². The zero-order valence-electron chi connectivity index (χ0n) is 18.5. The molecule has 2 aromatic carbocycles. The van der Waals surface area contributed by atoms with Gasteiger partial charge in [-0.05, 0) is 37.1 Å². The fraction of sp³-hybridized carbons (Fsp3) is 0.240. The van der Waals surface area contributed by atoms with Crippen molar-refractivity contribution in [1.29, 1.82) is 0 Å². The molecule has 0 aliphatic heterocycles. The van der Waals surface area contributed by atoms with Crippen molar-refractivity contribution in [3.05, 3.63) is 80.7 Å². The predicted octanol–water partition coefficient (Wildman–Crippen LogP) is 7.47. The maximum Gasteiger partial charge on any atom is 0.519 e. The minimum absolute atomic E-state index is 0.0767. The molecule has 0 saturated heterocycles. The standard InChI is InChI=1S/C25H18Cl4N2O5/c26-16-8-3-9-17(27)21(16)18-11-19(36-30-18)14-6-2-7-15(10-14)31(24(32)23(28)29)12-20-22(13-4-1-5-13)35-25(33)34-20/h2-3,6-11,13,23H,1,4-5,12H2. The highest BCUT2D eigenvalue weighted by molar-refractivity contribution is 6.54. The molecular formula is C25H18Cl4N2O5. The third-order valence-corrected chi connectivity index (χ3v) is 7.08. The molecule has 11 heteroatoms. The molecular weight excluding hydrogens is 550 g/mol. The summed E-state index contributed by atoms with van der Waals surface area (Å²) >= 11 is 24.5. The Morgan fingerprint density at radius 1 is 1.06 bits per heavy atom. The van der Waals surface area contributed by atoms with Gasteiger partial charge < -0.3 is 18.3 Å². The molecule has 186 valence electrons. The molecule has 0 N–H and O–H groups in total. The summed E-state index contributed by atoms with van der Waals surface area (Å²) < 4.78 is 16.1. The summed E-state index contributed by atoms with van der Waals surface area (Å²) in [5, 5.41) is 4.98. The van der Waals surface area contributed by atoms with Gasteiger partial charge in [-0.15, -0.1) is 0 Å². The first-order valence-corrected chi connectivity index (χ1v) is 12.7. The maximum absolute atomic E-state index is 13.0. The highest BCUT2D eigenvalue weighted by Gasteiger charge is 2.31. The number of amides is 1. The van der Waals surface area contributed by atoms with Gasteiger partial charge in [-0.3, -0.25) is 4.79 Å². The van der Waals surface area contributed by atoms with Crippen LogP contribution in [0.5, 0.6) is 0 Å². The third-order valence-electron chi connectivity index (χ3n) is 6.08. The highest BCUT2D eigenvalue weighted by atomic mass is 35.5. The largest absolute Gasteiger partial charge is 0.519 e. The molecule has 0 spiro atoms. The van der Waals surface area contributed by atoms with E-state index >= 15 is 0 Å². The van der Waals surface area contributed by atoms with Crippen LogP contribution >= 0.6 is 46.4 Å². The molecule has 0 bridgehead atoms. The number of alkyl halides is 2. The van der Waals surface area contributed by atoms with Crippen molar-refractivity contribution < 1.29 is 18.2 Å². The smallest absolute Gasteiger partial charge is 0.395 e. The summed E-state index contributed by atoms with van der Waals surface area (Å²) in [5.74, 6) is -0.158. The average Bonchev–Trinajstić information content (AvgIpc) is 3.43. The second-order valence-electron chi connectivity index (χ2n) is 8.32. The molecule has 1 fully saturated rings. The molecule has 1 amide bonds. The van der Waals surface area contributed by atoms with E-state index in [-0.39, 0.29) is 18.2 Å². The molecule has 5 rings (SSSR count). The van der Waals surface area contributed by atoms with Crippen molar-refractivity contribution >= 4 is 58.0 Å². The minimum Gasteiger partial charge on any atom is -0.395 e. The Labute approximate surface area is 225 Å². The molecule has 1 aliphatic carbocycles. The van der Waals surface area contributed by atoms with Gasteiger partial charge in [0.25, 0.3) is 5.91 Å². The van der Waals surface area contributed by atoms with Crippen LogP contribution in [0.2, 0.25) is 10.0 Å². The molecule has 36 heavy (non-hydrogen) atoms. The van der Waals surface area contributed by atoms with Gasteiger partial charge in [-0.2, -0.15) is 0 Å². The second-order valence-corrected chi connectivity index (χ2v) is 10.2. The van der Waals surface area contributed by atoms with E-state index in [1.165, 1.54) is 4.90 Å². The number of nitrogens with zero attached hydrogens (tertiary/aromatic N) is 2. The monoisotopic (exact) mass is 566 g/mol. The van der Waals surface area contributed by atoms with Gasteiger partial charge in [0.15, 0.2) is 22.1 Å². The van der Waals surface area contributed by atoms with Crippen LogP contribution < -0.4 is 10.7 Å². The number of benzene rings is 2. The van der Waals surface area contributed by atoms with E-state index in [0.717, 1.165) is 19.3 Å². The van der Waals surface area contributed by atoms with Crippen LogP contribution in [0.3, 0.4) is 0 Å². The molecule has 0 atom stereocenters. The first-order valence-electron chi connectivity index (χ1n) is 11.1. The van der Waals surface area contributed by atoms with Crippen LogP contribution in [0.25, 0.3) is 22.6 Å². The van der Waals surface area contributed by atoms with E-state index in [2.05, 4.69) is 5.16 Å². The third kappa shape index (κ3) is 4.93. The number of anilines is 1. The number of carbonyl (C=O) groups excluding carboxylic acids is 1. The van der Waals surface area contributed by atoms with Crippen LogP contribution in [-0.2, 0) is 11.3 Å². The van der Waals surface area contributed by atoms with Crippen molar-refractivity contribution in [2.24, 2.45) is 0 Å². The highest BCUT2D eigenvalue weighted by Crippen LogP contribution is 2.39. The average molecular weight is 568 g/mol. The molecule has 0 unspecified atom stereocenters. The first kappa shape index (κ1) is 25.0. The van der Waals surface area contributed by atoms with Crippen LogP contribution in [0.1, 0.15) is 36.7 Å². The summed E-state index contributed by atoms with van der Waals surface area (Å²) in [6.07, 6.45) is 2.80. The molecule has 1 saturated carbocycles. The van der Waals surface area contributed by atoms with Gasteiger partial charge >= 0.3 is 5.82 Å². The van der Waals surface area contributed by atoms with Gasteiger partial charge in [0, 0.05) is 28.8 Å². The number of hydrogen-bond acceptors (Lipinski definition) is 6. The normalized spacial score (nSPS) is 13.7. The quantitative estimate of drug-likeness (QED) is 0.215. The van der Waals surface area contributed by atoms with Crippen LogP contribution in [-0.4, -0.2) is 15.9 Å². The van der Waals surface area contributed by atoms with Crippen LogP contribution in [0.4, 0.5) is 5.69 Å². The van der Waals surface area contributed by atoms with E-state index in [9.17, 15) is 9.59 Å². The van der Waals surface area contributed by atoms with Crippen molar-refractivity contribution in [3.63, 3.8) is 0 Å². The minimum atomic E-state index is -1.33. The van der Waals surface area contributed by atoms with Crippen LogP contribution in [0, 0.1) is 0 Å². The van der Waals surface area contributed by atoms with Crippen molar-refractivity contribution in [1.82, 2.24) is 5.16 Å². The Hall–Kier alpha value is -2.71. The molecule has 0 radical (unpaired) electrons. The zero-order valence-corrected chi connectivity index (χ0v) is 21.6. The summed E-state index contributed by atoms with van der Waals surface area (Å²) in [4.78, 5) is 24.8. The van der Waals surface area contributed by atoms with Crippen molar-refractivity contribution in [3.8, 4) is 22.6 Å². The number of carbonyl (C=O) groups is 1. The topological polar surface area (TPSA) is 89.7 Å². The fourth-order valence-electron chi connectivity index (χ4n) is 4.07. The summed E-state index contributed by atoms with van der Waals surface area (Å²) in [6, 6.07) is 13.8. The SMILES string of the molecule is O=C(C(Cl)Cl)N(Cc1oc(=O)oc1C1CCC1)c1cccc(-c2cc(-c3c(Cl)cccc3Cl)no2)c1. The Bertz CT molecular complexity index is 1450. The predicted molar refractivity (Wildman–Crippen MR) is 138 cm³/mol. The van der Waals surface area contributed by atoms with E-state index in [0.29, 0.717) is 44.1 Å². The molecule has 2 heterocycles. The van der Waals surface area contributed by atoms with Gasteiger partial charge in [-0.25, -0.2) is 4.79 Å². The summed E-state index contributed by atoms with van der Waals surface area (Å²) in [5.41, 5.74) is 2.10. The Morgan fingerprint density at radius 2 is 1.78 bits per heavy atom. The van der Waals surface area contributed by atoms with Crippen molar-refractivity contribution in [2.45, 2.75) is 36.6 Å². The lowest BCUT2D eigenvalue weighted by atomic mass is 9.83. The lowest BCUT2D eigenvalue weighted by Gasteiger charge is -2.26. The molecule has 7 nitrogen and oxygen atoms in total. The van der Waals surface area contributed by atoms with E-state index in [1.807, 2.05) is 0 Å². The lowest BCUT2D eigenvalue weighted by molar-refractivity contribution is -0.117. The Morgan fingerprint density at radius 3 is 2.44 bits per heavy atom. The molecule has 2 aromatic heterocycles. The zero-order chi connectivity index (χ0) is 25.4. The fourth-order valence-corrected chi connectivity index (χ4v) is 4.89. The number of rotatable bonds is 7. The van der Waals surface area contributed by atoms with Gasteiger partial charge in [0.05, 0.1) is 16.6 Å². The summed E-state index contributed by atoms with van der Waals surface area (Å²) in [7, 11) is 0. The maximum atomic E-state index is 13.0. The van der Waals surface area contributed by atoms with Gasteiger partial charge in [0.2, 0.25) is 0 Å². The Balaban J connectivity index is 1.49.